The Labute approximate surface area is 153 Å². The first-order chi connectivity index (χ1) is 10.3. The maximum absolute atomic E-state index is 12.7. The van der Waals surface area contributed by atoms with Crippen molar-refractivity contribution in [1.82, 2.24) is 15.1 Å². The summed E-state index contributed by atoms with van der Waals surface area (Å²) in [5.74, 6) is 1.21. The average molecular weight is 366 g/mol. The highest BCUT2D eigenvalue weighted by molar-refractivity contribution is 5.85. The summed E-state index contributed by atoms with van der Waals surface area (Å²) in [7, 11) is 0. The molecule has 3 fully saturated rings. The number of fused-ring (bicyclic) bond motifs is 2. The number of halogens is 2. The highest BCUT2D eigenvalue weighted by Gasteiger charge is 2.39. The highest BCUT2D eigenvalue weighted by Crippen LogP contribution is 2.31. The zero-order valence-corrected chi connectivity index (χ0v) is 16.0. The Hall–Kier alpha value is -0.0300. The summed E-state index contributed by atoms with van der Waals surface area (Å²) in [5.41, 5.74) is 0. The van der Waals surface area contributed by atoms with Crippen LogP contribution < -0.4 is 5.32 Å². The number of nitrogens with one attached hydrogen (secondary N) is 1. The van der Waals surface area contributed by atoms with E-state index in [-0.39, 0.29) is 24.8 Å². The molecule has 3 saturated heterocycles. The van der Waals surface area contributed by atoms with Gasteiger partial charge in [0.15, 0.2) is 0 Å². The maximum atomic E-state index is 12.7. The van der Waals surface area contributed by atoms with E-state index in [1.54, 1.807) is 0 Å². The molecule has 2 bridgehead atoms. The van der Waals surface area contributed by atoms with Crippen LogP contribution >= 0.6 is 24.8 Å². The lowest BCUT2D eigenvalue weighted by molar-refractivity contribution is -0.134. The van der Waals surface area contributed by atoms with E-state index < -0.39 is 0 Å². The smallest absolute Gasteiger partial charge is 0.223 e. The van der Waals surface area contributed by atoms with Gasteiger partial charge in [0, 0.05) is 31.6 Å². The van der Waals surface area contributed by atoms with Gasteiger partial charge in [0.2, 0.25) is 5.91 Å². The largest absolute Gasteiger partial charge is 0.335 e. The summed E-state index contributed by atoms with van der Waals surface area (Å²) >= 11 is 0. The molecule has 3 aliphatic rings. The molecular formula is C17H33Cl2N3O. The number of piperidine rings is 1. The molecule has 2 unspecified atom stereocenters. The fraction of sp³-hybridized carbons (Fsp3) is 0.941. The Balaban J connectivity index is 0.00000132. The Morgan fingerprint density at radius 2 is 1.74 bits per heavy atom. The summed E-state index contributed by atoms with van der Waals surface area (Å²) in [5, 5.41) is 3.41. The van der Waals surface area contributed by atoms with Crippen molar-refractivity contribution < 1.29 is 4.79 Å². The predicted molar refractivity (Wildman–Crippen MR) is 99.7 cm³/mol. The predicted octanol–water partition coefficient (Wildman–Crippen LogP) is 2.70. The van der Waals surface area contributed by atoms with Crippen LogP contribution in [0, 0.1) is 5.92 Å². The second-order valence-electron chi connectivity index (χ2n) is 7.10. The minimum atomic E-state index is 0. The first-order valence-corrected chi connectivity index (χ1v) is 9.02. The van der Waals surface area contributed by atoms with Gasteiger partial charge in [-0.1, -0.05) is 6.92 Å². The second-order valence-corrected chi connectivity index (χ2v) is 7.10. The summed E-state index contributed by atoms with van der Waals surface area (Å²) < 4.78 is 0. The SMILES string of the molecule is CCN1CCC2CCC(C1)N2C(=O)CCC1CCNCC1.Cl.Cl. The number of likely N-dealkylation sites (N-methyl/N-ethyl adjacent to an activating group) is 1. The van der Waals surface area contributed by atoms with E-state index in [9.17, 15) is 4.79 Å². The molecular weight excluding hydrogens is 333 g/mol. The lowest BCUT2D eigenvalue weighted by Crippen LogP contribution is -2.43. The average Bonchev–Trinajstić information content (AvgIpc) is 2.81. The van der Waals surface area contributed by atoms with Gasteiger partial charge in [-0.15, -0.1) is 24.8 Å². The molecule has 3 heterocycles. The lowest BCUT2D eigenvalue weighted by atomic mass is 9.93. The molecule has 2 atom stereocenters. The van der Waals surface area contributed by atoms with Gasteiger partial charge in [-0.2, -0.15) is 0 Å². The third-order valence-electron chi connectivity index (χ3n) is 5.83. The minimum Gasteiger partial charge on any atom is -0.335 e. The Kier molecular flexibility index (Phi) is 9.20. The van der Waals surface area contributed by atoms with Gasteiger partial charge in [0.05, 0.1) is 0 Å². The fourth-order valence-corrected chi connectivity index (χ4v) is 4.47. The van der Waals surface area contributed by atoms with E-state index in [1.807, 2.05) is 0 Å². The molecule has 4 nitrogen and oxygen atoms in total. The first-order valence-electron chi connectivity index (χ1n) is 9.02. The van der Waals surface area contributed by atoms with Gasteiger partial charge < -0.3 is 15.1 Å². The van der Waals surface area contributed by atoms with E-state index >= 15 is 0 Å². The Bertz CT molecular complexity index is 364. The molecule has 1 N–H and O–H groups in total. The van der Waals surface area contributed by atoms with Crippen LogP contribution in [0.15, 0.2) is 0 Å². The molecule has 3 rings (SSSR count). The molecule has 23 heavy (non-hydrogen) atoms. The van der Waals surface area contributed by atoms with Crippen LogP contribution in [0.25, 0.3) is 0 Å². The van der Waals surface area contributed by atoms with Crippen LogP contribution in [-0.4, -0.2) is 60.5 Å². The zero-order chi connectivity index (χ0) is 14.7. The van der Waals surface area contributed by atoms with Crippen LogP contribution in [0.2, 0.25) is 0 Å². The number of nitrogens with zero attached hydrogens (tertiary/aromatic N) is 2. The lowest BCUT2D eigenvalue weighted by Gasteiger charge is -2.30. The van der Waals surface area contributed by atoms with E-state index in [0.29, 0.717) is 18.0 Å². The first kappa shape index (κ1) is 21.0. The number of carbonyl (C=O) groups excluding carboxylic acids is 1. The highest BCUT2D eigenvalue weighted by atomic mass is 35.5. The molecule has 0 aromatic heterocycles. The number of rotatable bonds is 4. The van der Waals surface area contributed by atoms with E-state index in [2.05, 4.69) is 22.0 Å². The van der Waals surface area contributed by atoms with Crippen molar-refractivity contribution in [2.75, 3.05) is 32.7 Å². The maximum Gasteiger partial charge on any atom is 0.223 e. The normalized spacial score (nSPS) is 28.7. The number of carbonyl (C=O) groups is 1. The minimum absolute atomic E-state index is 0. The van der Waals surface area contributed by atoms with Gasteiger partial charge in [0.1, 0.15) is 0 Å². The molecule has 0 aromatic rings. The Morgan fingerprint density at radius 3 is 2.43 bits per heavy atom. The van der Waals surface area contributed by atoms with Gasteiger partial charge in [-0.3, -0.25) is 4.79 Å². The van der Waals surface area contributed by atoms with Crippen LogP contribution in [0.5, 0.6) is 0 Å². The monoisotopic (exact) mass is 365 g/mol. The van der Waals surface area contributed by atoms with Crippen LogP contribution in [0.4, 0.5) is 0 Å². The van der Waals surface area contributed by atoms with Gasteiger partial charge in [0.25, 0.3) is 0 Å². The molecule has 3 aliphatic heterocycles. The van der Waals surface area contributed by atoms with Gasteiger partial charge >= 0.3 is 0 Å². The summed E-state index contributed by atoms with van der Waals surface area (Å²) in [4.78, 5) is 17.6. The third-order valence-corrected chi connectivity index (χ3v) is 5.83. The Morgan fingerprint density at radius 1 is 1.04 bits per heavy atom. The molecule has 0 spiro atoms. The fourth-order valence-electron chi connectivity index (χ4n) is 4.47. The number of hydrogen-bond donors (Lipinski definition) is 1. The molecule has 0 aromatic carbocycles. The van der Waals surface area contributed by atoms with Crippen molar-refractivity contribution in [3.8, 4) is 0 Å². The summed E-state index contributed by atoms with van der Waals surface area (Å²) in [6, 6.07) is 1.03. The molecule has 0 radical (unpaired) electrons. The van der Waals surface area contributed by atoms with Gasteiger partial charge in [-0.25, -0.2) is 0 Å². The summed E-state index contributed by atoms with van der Waals surface area (Å²) in [6.45, 7) is 7.92. The third kappa shape index (κ3) is 5.22. The van der Waals surface area contributed by atoms with Crippen molar-refractivity contribution in [3.05, 3.63) is 0 Å². The number of hydrogen-bond acceptors (Lipinski definition) is 3. The van der Waals surface area contributed by atoms with Crippen LogP contribution in [0.1, 0.15) is 51.9 Å². The van der Waals surface area contributed by atoms with Crippen molar-refractivity contribution in [2.24, 2.45) is 5.92 Å². The van der Waals surface area contributed by atoms with Crippen molar-refractivity contribution >= 4 is 30.7 Å². The molecule has 136 valence electrons. The van der Waals surface area contributed by atoms with Crippen LogP contribution in [-0.2, 0) is 4.79 Å². The zero-order valence-electron chi connectivity index (χ0n) is 14.3. The summed E-state index contributed by atoms with van der Waals surface area (Å²) in [6.07, 6.45) is 8.04. The molecule has 1 amide bonds. The van der Waals surface area contributed by atoms with Crippen molar-refractivity contribution in [2.45, 2.75) is 64.0 Å². The van der Waals surface area contributed by atoms with Crippen molar-refractivity contribution in [3.63, 3.8) is 0 Å². The molecule has 6 heteroatoms. The number of likely N-dealkylation sites (tertiary alicyclic amines) is 1. The molecule has 0 aliphatic carbocycles. The van der Waals surface area contributed by atoms with E-state index in [1.165, 1.54) is 38.6 Å². The van der Waals surface area contributed by atoms with Gasteiger partial charge in [-0.05, 0) is 64.1 Å². The van der Waals surface area contributed by atoms with E-state index in [4.69, 9.17) is 0 Å². The quantitative estimate of drug-likeness (QED) is 0.831. The standard InChI is InChI=1S/C17H31N3O.2ClH/c1-2-19-12-9-15-4-5-16(13-19)20(15)17(21)6-3-14-7-10-18-11-8-14;;/h14-16,18H,2-13H2,1H3;2*1H. The van der Waals surface area contributed by atoms with Crippen molar-refractivity contribution in [1.29, 1.82) is 0 Å². The van der Waals surface area contributed by atoms with Crippen LogP contribution in [0.3, 0.4) is 0 Å². The number of amides is 1. The van der Waals surface area contributed by atoms with E-state index in [0.717, 1.165) is 44.9 Å². The second kappa shape index (κ2) is 10.1. The molecule has 0 saturated carbocycles. The topological polar surface area (TPSA) is 35.6 Å².